The van der Waals surface area contributed by atoms with E-state index < -0.39 is 0 Å². The highest BCUT2D eigenvalue weighted by molar-refractivity contribution is 5.33. The van der Waals surface area contributed by atoms with Crippen molar-refractivity contribution in [3.63, 3.8) is 0 Å². The minimum atomic E-state index is 0.286. The van der Waals surface area contributed by atoms with Crippen LogP contribution < -0.4 is 10.1 Å². The Morgan fingerprint density at radius 1 is 1.21 bits per heavy atom. The lowest BCUT2D eigenvalue weighted by Crippen LogP contribution is -2.49. The number of aryl methyl sites for hydroxylation is 1. The number of ether oxygens (including phenoxy) is 1. The van der Waals surface area contributed by atoms with E-state index in [1.165, 1.54) is 18.4 Å². The van der Waals surface area contributed by atoms with Crippen LogP contribution in [0.1, 0.15) is 39.2 Å². The summed E-state index contributed by atoms with van der Waals surface area (Å²) in [5.74, 6) is 2.46. The second-order valence-electron chi connectivity index (χ2n) is 5.99. The third-order valence-electron chi connectivity index (χ3n) is 4.38. The fourth-order valence-electron chi connectivity index (χ4n) is 3.37. The summed E-state index contributed by atoms with van der Waals surface area (Å²) in [6.45, 7) is 6.85. The Labute approximate surface area is 117 Å². The maximum Gasteiger partial charge on any atom is 0.122 e. The first-order chi connectivity index (χ1) is 9.15. The average molecular weight is 261 g/mol. The van der Waals surface area contributed by atoms with Crippen LogP contribution in [0.3, 0.4) is 0 Å². The highest BCUT2D eigenvalue weighted by atomic mass is 16.5. The molecule has 0 aliphatic heterocycles. The quantitative estimate of drug-likeness (QED) is 0.893. The van der Waals surface area contributed by atoms with E-state index in [1.807, 2.05) is 0 Å². The van der Waals surface area contributed by atoms with Crippen LogP contribution in [0.15, 0.2) is 24.3 Å². The van der Waals surface area contributed by atoms with Crippen molar-refractivity contribution in [1.82, 2.24) is 5.32 Å². The molecule has 0 radical (unpaired) electrons. The van der Waals surface area contributed by atoms with Gasteiger partial charge in [0.15, 0.2) is 0 Å². The second kappa shape index (κ2) is 6.42. The topological polar surface area (TPSA) is 21.3 Å². The van der Waals surface area contributed by atoms with Crippen LogP contribution >= 0.6 is 0 Å². The lowest BCUT2D eigenvalue weighted by molar-refractivity contribution is 0.0500. The Hall–Kier alpha value is -1.02. The molecular weight excluding hydrogens is 234 g/mol. The molecule has 4 unspecified atom stereocenters. The van der Waals surface area contributed by atoms with E-state index in [0.29, 0.717) is 12.0 Å². The van der Waals surface area contributed by atoms with Crippen LogP contribution in [0.25, 0.3) is 0 Å². The smallest absolute Gasteiger partial charge is 0.122 e. The summed E-state index contributed by atoms with van der Waals surface area (Å²) < 4.78 is 6.38. The summed E-state index contributed by atoms with van der Waals surface area (Å²) in [5, 5.41) is 3.45. The zero-order valence-corrected chi connectivity index (χ0v) is 12.6. The number of para-hydroxylation sites is 1. The Morgan fingerprint density at radius 3 is 2.63 bits per heavy atom. The molecular formula is C17H27NO. The molecule has 1 N–H and O–H groups in total. The van der Waals surface area contributed by atoms with Crippen LogP contribution in [-0.4, -0.2) is 19.2 Å². The standard InChI is InChI=1S/C17H27NO/c1-5-14-8-6-7-9-16(14)19-17-13(3)10-12(2)11-15(17)18-4/h6-9,12-13,15,17-18H,5,10-11H2,1-4H3. The summed E-state index contributed by atoms with van der Waals surface area (Å²) in [4.78, 5) is 0. The monoisotopic (exact) mass is 261 g/mol. The molecule has 0 heterocycles. The van der Waals surface area contributed by atoms with Gasteiger partial charge in [-0.05, 0) is 49.8 Å². The maximum absolute atomic E-state index is 6.38. The summed E-state index contributed by atoms with van der Waals surface area (Å²) in [5.41, 5.74) is 1.31. The van der Waals surface area contributed by atoms with Crippen LogP contribution in [-0.2, 0) is 6.42 Å². The van der Waals surface area contributed by atoms with Gasteiger partial charge in [-0.3, -0.25) is 0 Å². The highest BCUT2D eigenvalue weighted by Gasteiger charge is 2.34. The largest absolute Gasteiger partial charge is 0.488 e. The van der Waals surface area contributed by atoms with E-state index in [2.05, 4.69) is 57.4 Å². The minimum Gasteiger partial charge on any atom is -0.488 e. The number of hydrogen-bond donors (Lipinski definition) is 1. The Kier molecular flexibility index (Phi) is 4.87. The van der Waals surface area contributed by atoms with E-state index in [4.69, 9.17) is 4.74 Å². The molecule has 0 aromatic heterocycles. The van der Waals surface area contributed by atoms with Gasteiger partial charge in [-0.25, -0.2) is 0 Å². The maximum atomic E-state index is 6.38. The number of rotatable bonds is 4. The molecule has 2 nitrogen and oxygen atoms in total. The molecule has 2 heteroatoms. The van der Waals surface area contributed by atoms with E-state index >= 15 is 0 Å². The van der Waals surface area contributed by atoms with Gasteiger partial charge in [0.2, 0.25) is 0 Å². The molecule has 1 fully saturated rings. The molecule has 0 amide bonds. The van der Waals surface area contributed by atoms with Crippen molar-refractivity contribution in [3.05, 3.63) is 29.8 Å². The van der Waals surface area contributed by atoms with Gasteiger partial charge >= 0.3 is 0 Å². The van der Waals surface area contributed by atoms with Gasteiger partial charge in [-0.2, -0.15) is 0 Å². The van der Waals surface area contributed by atoms with Crippen molar-refractivity contribution in [1.29, 1.82) is 0 Å². The normalized spacial score (nSPS) is 31.2. The molecule has 1 saturated carbocycles. The zero-order valence-electron chi connectivity index (χ0n) is 12.6. The number of likely N-dealkylation sites (N-methyl/N-ethyl adjacent to an activating group) is 1. The Balaban J connectivity index is 2.15. The molecule has 1 aliphatic rings. The molecule has 1 aromatic rings. The summed E-state index contributed by atoms with van der Waals surface area (Å²) >= 11 is 0. The van der Waals surface area contributed by atoms with Crippen molar-refractivity contribution in [2.75, 3.05) is 7.05 Å². The first-order valence-corrected chi connectivity index (χ1v) is 7.57. The first-order valence-electron chi connectivity index (χ1n) is 7.57. The van der Waals surface area contributed by atoms with Gasteiger partial charge in [0.05, 0.1) is 0 Å². The third-order valence-corrected chi connectivity index (χ3v) is 4.38. The Morgan fingerprint density at radius 2 is 1.95 bits per heavy atom. The van der Waals surface area contributed by atoms with E-state index in [0.717, 1.165) is 18.1 Å². The molecule has 1 aromatic carbocycles. The van der Waals surface area contributed by atoms with Gasteiger partial charge < -0.3 is 10.1 Å². The predicted molar refractivity (Wildman–Crippen MR) is 80.6 cm³/mol. The van der Waals surface area contributed by atoms with Crippen LogP contribution in [0.5, 0.6) is 5.75 Å². The lowest BCUT2D eigenvalue weighted by atomic mass is 9.78. The molecule has 2 rings (SSSR count). The average Bonchev–Trinajstić information content (AvgIpc) is 2.42. The Bertz CT molecular complexity index is 404. The van der Waals surface area contributed by atoms with Crippen LogP contribution in [0.4, 0.5) is 0 Å². The zero-order chi connectivity index (χ0) is 13.8. The lowest BCUT2D eigenvalue weighted by Gasteiger charge is -2.39. The molecule has 1 aliphatic carbocycles. The molecule has 4 atom stereocenters. The first kappa shape index (κ1) is 14.4. The number of benzene rings is 1. The van der Waals surface area contributed by atoms with Gasteiger partial charge in [-0.1, -0.05) is 39.0 Å². The van der Waals surface area contributed by atoms with E-state index in [1.54, 1.807) is 0 Å². The molecule has 0 spiro atoms. The third kappa shape index (κ3) is 3.30. The van der Waals surface area contributed by atoms with E-state index in [9.17, 15) is 0 Å². The number of hydrogen-bond acceptors (Lipinski definition) is 2. The van der Waals surface area contributed by atoms with Gasteiger partial charge in [0, 0.05) is 6.04 Å². The fourth-order valence-corrected chi connectivity index (χ4v) is 3.37. The van der Waals surface area contributed by atoms with Crippen LogP contribution in [0, 0.1) is 11.8 Å². The fraction of sp³-hybridized carbons (Fsp3) is 0.647. The predicted octanol–water partition coefficient (Wildman–Crippen LogP) is 3.65. The summed E-state index contributed by atoms with van der Waals surface area (Å²) in [6, 6.07) is 8.90. The molecule has 0 saturated heterocycles. The minimum absolute atomic E-state index is 0.286. The van der Waals surface area contributed by atoms with Gasteiger partial charge in [0.25, 0.3) is 0 Å². The van der Waals surface area contributed by atoms with Gasteiger partial charge in [0.1, 0.15) is 11.9 Å². The van der Waals surface area contributed by atoms with E-state index in [-0.39, 0.29) is 6.10 Å². The molecule has 19 heavy (non-hydrogen) atoms. The van der Waals surface area contributed by atoms with Crippen molar-refractivity contribution >= 4 is 0 Å². The molecule has 0 bridgehead atoms. The van der Waals surface area contributed by atoms with Crippen molar-refractivity contribution in [3.8, 4) is 5.75 Å². The SMILES string of the molecule is CCc1ccccc1OC1C(C)CC(C)CC1NC. The van der Waals surface area contributed by atoms with Crippen LogP contribution in [0.2, 0.25) is 0 Å². The second-order valence-corrected chi connectivity index (χ2v) is 5.99. The van der Waals surface area contributed by atoms with Gasteiger partial charge in [-0.15, -0.1) is 0 Å². The molecule has 106 valence electrons. The number of nitrogens with one attached hydrogen (secondary N) is 1. The highest BCUT2D eigenvalue weighted by Crippen LogP contribution is 2.33. The van der Waals surface area contributed by atoms with Crippen molar-refractivity contribution < 1.29 is 4.74 Å². The van der Waals surface area contributed by atoms with Crippen molar-refractivity contribution in [2.24, 2.45) is 11.8 Å². The summed E-state index contributed by atoms with van der Waals surface area (Å²) in [7, 11) is 2.05. The van der Waals surface area contributed by atoms with Crippen molar-refractivity contribution in [2.45, 2.75) is 52.2 Å². The summed E-state index contributed by atoms with van der Waals surface area (Å²) in [6.07, 6.45) is 3.78.